The standard InChI is InChI=1S/C17H13Cl2N5S/c1-10(2)24-15(13-6-5-12(18)8-14(13)19)22-23-17(24)25-16-11(9-20)4-3-7-21-16/h3-8,10H,1-2H3. The molecule has 0 saturated carbocycles. The molecule has 0 fully saturated rings. The molecule has 5 nitrogen and oxygen atoms in total. The van der Waals surface area contributed by atoms with Crippen LogP contribution in [0, 0.1) is 11.3 Å². The first-order chi connectivity index (χ1) is 12.0. The van der Waals surface area contributed by atoms with Crippen molar-refractivity contribution in [3.63, 3.8) is 0 Å². The van der Waals surface area contributed by atoms with Crippen LogP contribution in [0.2, 0.25) is 10.0 Å². The van der Waals surface area contributed by atoms with E-state index in [4.69, 9.17) is 23.2 Å². The number of rotatable bonds is 4. The Hall–Kier alpha value is -2.07. The van der Waals surface area contributed by atoms with Crippen molar-refractivity contribution in [3.8, 4) is 17.5 Å². The van der Waals surface area contributed by atoms with Gasteiger partial charge in [0.15, 0.2) is 11.0 Å². The van der Waals surface area contributed by atoms with Crippen LogP contribution in [0.25, 0.3) is 11.4 Å². The van der Waals surface area contributed by atoms with E-state index in [1.54, 1.807) is 30.5 Å². The molecule has 0 saturated heterocycles. The summed E-state index contributed by atoms with van der Waals surface area (Å²) in [6.07, 6.45) is 1.65. The number of halogens is 2. The lowest BCUT2D eigenvalue weighted by Crippen LogP contribution is -2.05. The van der Waals surface area contributed by atoms with Crippen LogP contribution >= 0.6 is 35.0 Å². The maximum absolute atomic E-state index is 9.24. The summed E-state index contributed by atoms with van der Waals surface area (Å²) in [7, 11) is 0. The maximum atomic E-state index is 9.24. The van der Waals surface area contributed by atoms with Gasteiger partial charge in [-0.15, -0.1) is 10.2 Å². The average Bonchev–Trinajstić information content (AvgIpc) is 2.99. The Kier molecular flexibility index (Phi) is 5.28. The van der Waals surface area contributed by atoms with Crippen molar-refractivity contribution in [2.75, 3.05) is 0 Å². The third-order valence-corrected chi connectivity index (χ3v) is 4.96. The van der Waals surface area contributed by atoms with Crippen molar-refractivity contribution in [1.29, 1.82) is 5.26 Å². The van der Waals surface area contributed by atoms with Crippen LogP contribution in [0.1, 0.15) is 25.5 Å². The van der Waals surface area contributed by atoms with Gasteiger partial charge < -0.3 is 0 Å². The maximum Gasteiger partial charge on any atom is 0.198 e. The Morgan fingerprint density at radius 1 is 1.20 bits per heavy atom. The van der Waals surface area contributed by atoms with Gasteiger partial charge in [0.25, 0.3) is 0 Å². The summed E-state index contributed by atoms with van der Waals surface area (Å²) in [5.41, 5.74) is 1.25. The number of hydrogen-bond donors (Lipinski definition) is 0. The molecular weight excluding hydrogens is 377 g/mol. The summed E-state index contributed by atoms with van der Waals surface area (Å²) in [6, 6.07) is 11.0. The molecule has 126 valence electrons. The van der Waals surface area contributed by atoms with Crippen LogP contribution in [0.15, 0.2) is 46.7 Å². The van der Waals surface area contributed by atoms with E-state index in [2.05, 4.69) is 21.3 Å². The lowest BCUT2D eigenvalue weighted by molar-refractivity contribution is 0.555. The average molecular weight is 390 g/mol. The molecule has 0 aliphatic heterocycles. The monoisotopic (exact) mass is 389 g/mol. The van der Waals surface area contributed by atoms with Crippen molar-refractivity contribution in [2.45, 2.75) is 30.1 Å². The molecule has 3 rings (SSSR count). The van der Waals surface area contributed by atoms with Crippen molar-refractivity contribution < 1.29 is 0 Å². The lowest BCUT2D eigenvalue weighted by atomic mass is 10.2. The number of aromatic nitrogens is 4. The minimum absolute atomic E-state index is 0.0912. The number of nitrogens with zero attached hydrogens (tertiary/aromatic N) is 5. The van der Waals surface area contributed by atoms with Gasteiger partial charge in [-0.1, -0.05) is 23.2 Å². The summed E-state index contributed by atoms with van der Waals surface area (Å²) in [4.78, 5) is 4.27. The van der Waals surface area contributed by atoms with Crippen LogP contribution in [0.3, 0.4) is 0 Å². The van der Waals surface area contributed by atoms with Gasteiger partial charge in [0, 0.05) is 22.8 Å². The van der Waals surface area contributed by atoms with Gasteiger partial charge in [0.2, 0.25) is 0 Å². The molecule has 0 bridgehead atoms. The predicted octanol–water partition coefficient (Wildman–Crippen LogP) is 5.25. The highest BCUT2D eigenvalue weighted by atomic mass is 35.5. The Bertz CT molecular complexity index is 962. The SMILES string of the molecule is CC(C)n1c(Sc2ncccc2C#N)nnc1-c1ccc(Cl)cc1Cl. The van der Waals surface area contributed by atoms with E-state index in [-0.39, 0.29) is 6.04 Å². The second-order valence-corrected chi connectivity index (χ2v) is 7.26. The van der Waals surface area contributed by atoms with Crippen LogP contribution in [0.4, 0.5) is 0 Å². The van der Waals surface area contributed by atoms with Gasteiger partial charge in [-0.3, -0.25) is 4.57 Å². The summed E-state index contributed by atoms with van der Waals surface area (Å²) in [5, 5.41) is 20.1. The highest BCUT2D eigenvalue weighted by Crippen LogP contribution is 2.35. The first-order valence-corrected chi connectivity index (χ1v) is 9.01. The molecule has 2 heterocycles. The zero-order valence-corrected chi connectivity index (χ0v) is 15.8. The molecule has 2 aromatic heterocycles. The first-order valence-electron chi connectivity index (χ1n) is 7.44. The van der Waals surface area contributed by atoms with Crippen LogP contribution in [0.5, 0.6) is 0 Å². The van der Waals surface area contributed by atoms with Gasteiger partial charge in [0.05, 0.1) is 10.6 Å². The number of nitriles is 1. The van der Waals surface area contributed by atoms with Crippen molar-refractivity contribution in [1.82, 2.24) is 19.7 Å². The summed E-state index contributed by atoms with van der Waals surface area (Å²) < 4.78 is 1.97. The minimum Gasteiger partial charge on any atom is -0.299 e. The summed E-state index contributed by atoms with van der Waals surface area (Å²) in [6.45, 7) is 4.06. The fourth-order valence-corrected chi connectivity index (χ4v) is 3.79. The molecule has 3 aromatic rings. The summed E-state index contributed by atoms with van der Waals surface area (Å²) in [5.74, 6) is 0.647. The highest BCUT2D eigenvalue weighted by molar-refractivity contribution is 7.99. The molecule has 0 spiro atoms. The molecule has 8 heteroatoms. The van der Waals surface area contributed by atoms with Gasteiger partial charge in [0.1, 0.15) is 11.1 Å². The second-order valence-electron chi connectivity index (χ2n) is 5.46. The van der Waals surface area contributed by atoms with Gasteiger partial charge in [-0.05, 0) is 55.9 Å². The molecular formula is C17H13Cl2N5S. The largest absolute Gasteiger partial charge is 0.299 e. The van der Waals surface area contributed by atoms with Crippen molar-refractivity contribution in [2.24, 2.45) is 0 Å². The smallest absolute Gasteiger partial charge is 0.198 e. The van der Waals surface area contributed by atoms with Crippen LogP contribution in [-0.2, 0) is 0 Å². The van der Waals surface area contributed by atoms with E-state index in [1.165, 1.54) is 11.8 Å². The Morgan fingerprint density at radius 2 is 2.00 bits per heavy atom. The number of benzene rings is 1. The normalized spacial score (nSPS) is 10.9. The van der Waals surface area contributed by atoms with E-state index < -0.39 is 0 Å². The third kappa shape index (κ3) is 3.64. The Labute approximate surface area is 159 Å². The predicted molar refractivity (Wildman–Crippen MR) is 98.9 cm³/mol. The van der Waals surface area contributed by atoms with E-state index in [9.17, 15) is 5.26 Å². The molecule has 25 heavy (non-hydrogen) atoms. The molecule has 0 amide bonds. The second kappa shape index (κ2) is 7.44. The molecule has 0 aliphatic rings. The quantitative estimate of drug-likeness (QED) is 0.609. The molecule has 1 aromatic carbocycles. The van der Waals surface area contributed by atoms with Gasteiger partial charge in [-0.25, -0.2) is 4.98 Å². The highest BCUT2D eigenvalue weighted by Gasteiger charge is 2.20. The van der Waals surface area contributed by atoms with E-state index >= 15 is 0 Å². The molecule has 0 atom stereocenters. The molecule has 0 unspecified atom stereocenters. The zero-order chi connectivity index (χ0) is 18.0. The van der Waals surface area contributed by atoms with Crippen molar-refractivity contribution in [3.05, 3.63) is 52.1 Å². The van der Waals surface area contributed by atoms with E-state index in [0.29, 0.717) is 31.6 Å². The minimum atomic E-state index is 0.0912. The summed E-state index contributed by atoms with van der Waals surface area (Å²) >= 11 is 13.6. The Morgan fingerprint density at radius 3 is 2.68 bits per heavy atom. The van der Waals surface area contributed by atoms with Gasteiger partial charge in [-0.2, -0.15) is 5.26 Å². The Balaban J connectivity index is 2.08. The number of hydrogen-bond acceptors (Lipinski definition) is 5. The molecule has 0 N–H and O–H groups in total. The number of pyridine rings is 1. The molecule has 0 aliphatic carbocycles. The fourth-order valence-electron chi connectivity index (χ4n) is 2.31. The van der Waals surface area contributed by atoms with Crippen LogP contribution in [-0.4, -0.2) is 19.7 Å². The molecule has 0 radical (unpaired) electrons. The topological polar surface area (TPSA) is 67.4 Å². The van der Waals surface area contributed by atoms with Crippen LogP contribution < -0.4 is 0 Å². The first kappa shape index (κ1) is 17.7. The fraction of sp³-hybridized carbons (Fsp3) is 0.176. The van der Waals surface area contributed by atoms with E-state index in [1.807, 2.05) is 24.5 Å². The van der Waals surface area contributed by atoms with Crippen molar-refractivity contribution >= 4 is 35.0 Å². The lowest BCUT2D eigenvalue weighted by Gasteiger charge is -2.14. The van der Waals surface area contributed by atoms with E-state index in [0.717, 1.165) is 5.56 Å². The zero-order valence-electron chi connectivity index (χ0n) is 13.4. The van der Waals surface area contributed by atoms with Gasteiger partial charge >= 0.3 is 0 Å². The third-order valence-electron chi connectivity index (χ3n) is 3.43.